The minimum atomic E-state index is -0.992. The fourth-order valence-corrected chi connectivity index (χ4v) is 0.750. The number of rotatable bonds is 5. The van der Waals surface area contributed by atoms with Crippen molar-refractivity contribution in [1.29, 1.82) is 0 Å². The number of hydrogen-bond acceptors (Lipinski definition) is 2. The summed E-state index contributed by atoms with van der Waals surface area (Å²) in [5.74, 6) is -0.992. The second kappa shape index (κ2) is 8.60. The van der Waals surface area contributed by atoms with Crippen LogP contribution in [-0.4, -0.2) is 18.1 Å². The van der Waals surface area contributed by atoms with Crippen molar-refractivity contribution in [2.75, 3.05) is 6.54 Å². The maximum Gasteiger partial charge on any atom is 0.130 e. The monoisotopic (exact) mass is 229 g/mol. The van der Waals surface area contributed by atoms with Gasteiger partial charge in [0.1, 0.15) is 11.5 Å². The van der Waals surface area contributed by atoms with Gasteiger partial charge in [0, 0.05) is 0 Å². The topological polar surface area (TPSA) is 56.7 Å². The Bertz CT molecular complexity index is 140. The number of unbranched alkanes of at least 4 members (excludes halogenated alkanes) is 1. The van der Waals surface area contributed by atoms with Crippen LogP contribution in [0.15, 0.2) is 0 Å². The quantitative estimate of drug-likeness (QED) is 0.477. The van der Waals surface area contributed by atoms with Crippen molar-refractivity contribution in [3.05, 3.63) is 0 Å². The van der Waals surface area contributed by atoms with E-state index in [1.54, 1.807) is 13.8 Å². The summed E-state index contributed by atoms with van der Waals surface area (Å²) in [5, 5.41) is 12.3. The first kappa shape index (κ1) is 18.7. The molecule has 0 saturated carbocycles. The predicted octanol–water partition coefficient (Wildman–Crippen LogP) is -7.11. The van der Waals surface area contributed by atoms with Crippen LogP contribution in [-0.2, 0) is 4.79 Å². The van der Waals surface area contributed by atoms with Crippen LogP contribution >= 0.6 is 0 Å². The SMILES string of the molecule is CCCC[NH2+]C(C)(C)C(=O)[O-].[Cl-].[Cl-]. The van der Waals surface area contributed by atoms with Crippen LogP contribution < -0.4 is 35.2 Å². The molecule has 0 aliphatic carbocycles. The molecular formula is C8H17Cl2NO2-2. The highest BCUT2D eigenvalue weighted by molar-refractivity contribution is 5.73. The van der Waals surface area contributed by atoms with Gasteiger partial charge in [0.25, 0.3) is 0 Å². The second-order valence-electron chi connectivity index (χ2n) is 3.36. The van der Waals surface area contributed by atoms with Gasteiger partial charge in [-0.15, -0.1) is 0 Å². The number of carbonyl (C=O) groups excluding carboxylic acids is 1. The molecule has 0 aromatic carbocycles. The number of quaternary nitrogens is 1. The molecule has 0 rings (SSSR count). The first-order valence-corrected chi connectivity index (χ1v) is 4.06. The number of carboxylic acid groups (broad SMARTS) is 1. The zero-order valence-electron chi connectivity index (χ0n) is 8.27. The zero-order valence-corrected chi connectivity index (χ0v) is 9.78. The van der Waals surface area contributed by atoms with Crippen molar-refractivity contribution in [1.82, 2.24) is 0 Å². The molecule has 0 bridgehead atoms. The molecule has 0 aliphatic heterocycles. The van der Waals surface area contributed by atoms with Crippen LogP contribution in [0.3, 0.4) is 0 Å². The highest BCUT2D eigenvalue weighted by Crippen LogP contribution is 1.91. The summed E-state index contributed by atoms with van der Waals surface area (Å²) in [4.78, 5) is 10.5. The molecule has 13 heavy (non-hydrogen) atoms. The van der Waals surface area contributed by atoms with E-state index < -0.39 is 11.5 Å². The molecule has 0 atom stereocenters. The van der Waals surface area contributed by atoms with Gasteiger partial charge in [-0.05, 0) is 20.3 Å². The summed E-state index contributed by atoms with van der Waals surface area (Å²) in [6, 6.07) is 0. The number of carbonyl (C=O) groups is 1. The Kier molecular flexibility index (Phi) is 12.4. The molecule has 2 N–H and O–H groups in total. The fraction of sp³-hybridized carbons (Fsp3) is 0.875. The van der Waals surface area contributed by atoms with E-state index in [2.05, 4.69) is 6.92 Å². The molecule has 0 saturated heterocycles. The Hall–Kier alpha value is 0.01000. The highest BCUT2D eigenvalue weighted by atomic mass is 35.5. The molecule has 0 fully saturated rings. The lowest BCUT2D eigenvalue weighted by molar-refractivity contribution is -0.713. The Balaban J connectivity index is -0.000000500. The lowest BCUT2D eigenvalue weighted by Crippen LogP contribution is -3.00. The van der Waals surface area contributed by atoms with E-state index in [0.717, 1.165) is 19.4 Å². The largest absolute Gasteiger partial charge is 1.00 e. The van der Waals surface area contributed by atoms with E-state index in [-0.39, 0.29) is 24.8 Å². The van der Waals surface area contributed by atoms with E-state index in [9.17, 15) is 9.90 Å². The van der Waals surface area contributed by atoms with Crippen LogP contribution in [0.2, 0.25) is 0 Å². The van der Waals surface area contributed by atoms with Gasteiger partial charge >= 0.3 is 0 Å². The van der Waals surface area contributed by atoms with E-state index in [1.165, 1.54) is 0 Å². The summed E-state index contributed by atoms with van der Waals surface area (Å²) in [6.45, 7) is 6.27. The van der Waals surface area contributed by atoms with Crippen LogP contribution in [0.5, 0.6) is 0 Å². The highest BCUT2D eigenvalue weighted by Gasteiger charge is 2.21. The van der Waals surface area contributed by atoms with Crippen LogP contribution in [0, 0.1) is 0 Å². The number of hydrogen-bond donors (Lipinski definition) is 1. The van der Waals surface area contributed by atoms with Gasteiger partial charge in [0.05, 0.1) is 6.54 Å². The normalized spacial score (nSPS) is 9.77. The number of carboxylic acids is 1. The van der Waals surface area contributed by atoms with Gasteiger partial charge < -0.3 is 40.0 Å². The first-order valence-electron chi connectivity index (χ1n) is 4.06. The Morgan fingerprint density at radius 2 is 1.85 bits per heavy atom. The fourth-order valence-electron chi connectivity index (χ4n) is 0.750. The minimum absolute atomic E-state index is 0. The van der Waals surface area contributed by atoms with Crippen LogP contribution in [0.4, 0.5) is 0 Å². The molecular weight excluding hydrogens is 213 g/mol. The van der Waals surface area contributed by atoms with Crippen molar-refractivity contribution in [3.8, 4) is 0 Å². The number of halogens is 2. The summed E-state index contributed by atoms with van der Waals surface area (Å²) < 4.78 is 0. The minimum Gasteiger partial charge on any atom is -1.00 e. The third kappa shape index (κ3) is 8.34. The Labute approximate surface area is 92.1 Å². The van der Waals surface area contributed by atoms with E-state index >= 15 is 0 Å². The van der Waals surface area contributed by atoms with Crippen molar-refractivity contribution < 1.29 is 40.0 Å². The van der Waals surface area contributed by atoms with Gasteiger partial charge in [-0.25, -0.2) is 0 Å². The molecule has 0 radical (unpaired) electrons. The molecule has 0 amide bonds. The molecule has 0 aromatic heterocycles. The van der Waals surface area contributed by atoms with Gasteiger partial charge in [0.2, 0.25) is 0 Å². The number of aliphatic carboxylic acids is 1. The molecule has 3 nitrogen and oxygen atoms in total. The summed E-state index contributed by atoms with van der Waals surface area (Å²) in [7, 11) is 0. The van der Waals surface area contributed by atoms with Crippen molar-refractivity contribution in [2.24, 2.45) is 0 Å². The molecule has 0 aliphatic rings. The smallest absolute Gasteiger partial charge is 0.130 e. The maximum absolute atomic E-state index is 10.5. The van der Waals surface area contributed by atoms with Crippen molar-refractivity contribution >= 4 is 5.97 Å². The predicted molar refractivity (Wildman–Crippen MR) is 40.8 cm³/mol. The molecule has 0 spiro atoms. The average molecular weight is 230 g/mol. The third-order valence-corrected chi connectivity index (χ3v) is 1.74. The molecule has 0 aromatic rings. The van der Waals surface area contributed by atoms with E-state index in [0.29, 0.717) is 0 Å². The van der Waals surface area contributed by atoms with Gasteiger partial charge in [0.15, 0.2) is 0 Å². The average Bonchev–Trinajstić information content (AvgIpc) is 1.88. The zero-order chi connectivity index (χ0) is 8.91. The molecule has 0 heterocycles. The number of nitrogens with two attached hydrogens (primary N) is 1. The molecule has 5 heteroatoms. The van der Waals surface area contributed by atoms with Crippen molar-refractivity contribution in [3.63, 3.8) is 0 Å². The third-order valence-electron chi connectivity index (χ3n) is 1.74. The molecule has 0 unspecified atom stereocenters. The Morgan fingerprint density at radius 1 is 1.38 bits per heavy atom. The lowest BCUT2D eigenvalue weighted by atomic mass is 10.1. The maximum atomic E-state index is 10.5. The van der Waals surface area contributed by atoms with E-state index in [1.807, 2.05) is 5.32 Å². The molecule has 82 valence electrons. The van der Waals surface area contributed by atoms with Gasteiger partial charge in [-0.1, -0.05) is 13.3 Å². The van der Waals surface area contributed by atoms with Crippen molar-refractivity contribution in [2.45, 2.75) is 39.2 Å². The first-order chi connectivity index (χ1) is 5.00. The standard InChI is InChI=1S/C8H17NO2.2ClH/c1-4-5-6-9-8(2,3)7(10)11;;/h9H,4-6H2,1-3H3,(H,10,11);2*1H/p-2. The van der Waals surface area contributed by atoms with Crippen LogP contribution in [0.1, 0.15) is 33.6 Å². The van der Waals surface area contributed by atoms with E-state index in [4.69, 9.17) is 0 Å². The van der Waals surface area contributed by atoms with Gasteiger partial charge in [-0.3, -0.25) is 0 Å². The van der Waals surface area contributed by atoms with Crippen LogP contribution in [0.25, 0.3) is 0 Å². The summed E-state index contributed by atoms with van der Waals surface area (Å²) in [6.07, 6.45) is 2.15. The second-order valence-corrected chi connectivity index (χ2v) is 3.36. The summed E-state index contributed by atoms with van der Waals surface area (Å²) >= 11 is 0. The summed E-state index contributed by atoms with van der Waals surface area (Å²) in [5.41, 5.74) is -0.769. The van der Waals surface area contributed by atoms with Gasteiger partial charge in [-0.2, -0.15) is 0 Å². The lowest BCUT2D eigenvalue weighted by Gasteiger charge is -2.23. The Morgan fingerprint density at radius 3 is 2.15 bits per heavy atom.